The first-order valence-electron chi connectivity index (χ1n) is 8.87. The van der Waals surface area contributed by atoms with Crippen molar-refractivity contribution in [2.45, 2.75) is 26.8 Å². The van der Waals surface area contributed by atoms with Crippen molar-refractivity contribution in [3.05, 3.63) is 64.9 Å². The summed E-state index contributed by atoms with van der Waals surface area (Å²) in [5.41, 5.74) is 3.79. The SMILES string of the molecule is COc1ccc(C(C)NC(=O)/C(C#N)=C\Nc2c(C)cccc2C)cc1OC. The largest absolute Gasteiger partial charge is 0.493 e. The molecule has 28 heavy (non-hydrogen) atoms. The molecule has 146 valence electrons. The molecule has 0 spiro atoms. The highest BCUT2D eigenvalue weighted by molar-refractivity contribution is 5.97. The van der Waals surface area contributed by atoms with Crippen molar-refractivity contribution in [3.63, 3.8) is 0 Å². The van der Waals surface area contributed by atoms with E-state index in [2.05, 4.69) is 10.6 Å². The lowest BCUT2D eigenvalue weighted by molar-refractivity contribution is -0.117. The second-order valence-electron chi connectivity index (χ2n) is 6.39. The number of nitriles is 1. The maximum atomic E-state index is 12.5. The van der Waals surface area contributed by atoms with Crippen molar-refractivity contribution in [1.82, 2.24) is 5.32 Å². The van der Waals surface area contributed by atoms with Crippen molar-refractivity contribution < 1.29 is 14.3 Å². The molecule has 1 unspecified atom stereocenters. The first-order valence-corrected chi connectivity index (χ1v) is 8.87. The van der Waals surface area contributed by atoms with Crippen LogP contribution in [-0.2, 0) is 4.79 Å². The number of hydrogen-bond acceptors (Lipinski definition) is 5. The van der Waals surface area contributed by atoms with Crippen LogP contribution in [0.2, 0.25) is 0 Å². The zero-order chi connectivity index (χ0) is 20.7. The van der Waals surface area contributed by atoms with E-state index in [1.165, 1.54) is 6.20 Å². The molecular formula is C22H25N3O3. The number of nitrogens with one attached hydrogen (secondary N) is 2. The van der Waals surface area contributed by atoms with Crippen molar-refractivity contribution >= 4 is 11.6 Å². The van der Waals surface area contributed by atoms with Crippen LogP contribution in [0, 0.1) is 25.2 Å². The Morgan fingerprint density at radius 3 is 2.32 bits per heavy atom. The quantitative estimate of drug-likeness (QED) is 0.561. The van der Waals surface area contributed by atoms with Gasteiger partial charge in [0.15, 0.2) is 11.5 Å². The van der Waals surface area contributed by atoms with Crippen LogP contribution < -0.4 is 20.1 Å². The predicted molar refractivity (Wildman–Crippen MR) is 109 cm³/mol. The van der Waals surface area contributed by atoms with E-state index in [1.54, 1.807) is 26.4 Å². The van der Waals surface area contributed by atoms with Gasteiger partial charge in [-0.3, -0.25) is 4.79 Å². The fourth-order valence-corrected chi connectivity index (χ4v) is 2.81. The monoisotopic (exact) mass is 379 g/mol. The van der Waals surface area contributed by atoms with Crippen molar-refractivity contribution in [2.75, 3.05) is 19.5 Å². The number of amides is 1. The van der Waals surface area contributed by atoms with Crippen LogP contribution in [0.25, 0.3) is 0 Å². The van der Waals surface area contributed by atoms with Gasteiger partial charge in [0, 0.05) is 11.9 Å². The van der Waals surface area contributed by atoms with Gasteiger partial charge in [-0.1, -0.05) is 24.3 Å². The molecule has 0 fully saturated rings. The number of carbonyl (C=O) groups is 1. The van der Waals surface area contributed by atoms with Crippen LogP contribution >= 0.6 is 0 Å². The molecule has 0 saturated heterocycles. The summed E-state index contributed by atoms with van der Waals surface area (Å²) in [5.74, 6) is 0.734. The number of methoxy groups -OCH3 is 2. The van der Waals surface area contributed by atoms with Crippen LogP contribution in [0.3, 0.4) is 0 Å². The Balaban J connectivity index is 2.14. The van der Waals surface area contributed by atoms with E-state index in [0.29, 0.717) is 11.5 Å². The molecule has 0 bridgehead atoms. The fraction of sp³-hybridized carbons (Fsp3) is 0.273. The van der Waals surface area contributed by atoms with Crippen LogP contribution in [-0.4, -0.2) is 20.1 Å². The lowest BCUT2D eigenvalue weighted by atomic mass is 10.1. The van der Waals surface area contributed by atoms with Gasteiger partial charge in [-0.25, -0.2) is 0 Å². The smallest absolute Gasteiger partial charge is 0.263 e. The minimum Gasteiger partial charge on any atom is -0.493 e. The third kappa shape index (κ3) is 4.83. The molecule has 0 radical (unpaired) electrons. The van der Waals surface area contributed by atoms with Crippen molar-refractivity contribution in [3.8, 4) is 17.6 Å². The summed E-state index contributed by atoms with van der Waals surface area (Å²) in [6.45, 7) is 5.77. The summed E-state index contributed by atoms with van der Waals surface area (Å²) in [7, 11) is 3.12. The van der Waals surface area contributed by atoms with Gasteiger partial charge in [-0.15, -0.1) is 0 Å². The molecule has 0 saturated carbocycles. The summed E-state index contributed by atoms with van der Waals surface area (Å²) in [6.07, 6.45) is 1.44. The first-order chi connectivity index (χ1) is 13.4. The van der Waals surface area contributed by atoms with Crippen LogP contribution in [0.4, 0.5) is 5.69 Å². The van der Waals surface area contributed by atoms with Gasteiger partial charge < -0.3 is 20.1 Å². The molecule has 0 aliphatic heterocycles. The minimum atomic E-state index is -0.455. The summed E-state index contributed by atoms with van der Waals surface area (Å²) in [6, 6.07) is 13.0. The minimum absolute atomic E-state index is 0.00465. The maximum absolute atomic E-state index is 12.5. The molecule has 0 aliphatic rings. The Labute approximate surface area is 165 Å². The molecule has 0 aromatic heterocycles. The number of rotatable bonds is 7. The number of nitrogens with zero attached hydrogens (tertiary/aromatic N) is 1. The Morgan fingerprint density at radius 2 is 1.75 bits per heavy atom. The molecule has 2 rings (SSSR count). The average Bonchev–Trinajstić information content (AvgIpc) is 2.69. The third-order valence-corrected chi connectivity index (χ3v) is 4.46. The summed E-state index contributed by atoms with van der Waals surface area (Å²) in [4.78, 5) is 12.5. The van der Waals surface area contributed by atoms with Gasteiger partial charge in [0.2, 0.25) is 0 Å². The highest BCUT2D eigenvalue weighted by Crippen LogP contribution is 2.30. The molecule has 2 aromatic carbocycles. The number of benzene rings is 2. The van der Waals surface area contributed by atoms with Gasteiger partial charge >= 0.3 is 0 Å². The molecular weight excluding hydrogens is 354 g/mol. The second-order valence-corrected chi connectivity index (χ2v) is 6.39. The number of ether oxygens (including phenoxy) is 2. The van der Waals surface area contributed by atoms with E-state index in [1.807, 2.05) is 51.1 Å². The first kappa shape index (κ1) is 20.8. The zero-order valence-electron chi connectivity index (χ0n) is 16.8. The standard InChI is InChI=1S/C22H25N3O3/c1-14-7-6-8-15(2)21(14)24-13-18(12-23)22(26)25-16(3)17-9-10-19(27-4)20(11-17)28-5/h6-11,13,16,24H,1-5H3,(H,25,26)/b18-13-. The van der Waals surface area contributed by atoms with Gasteiger partial charge in [0.05, 0.1) is 20.3 Å². The number of aryl methyl sites for hydroxylation is 2. The highest BCUT2D eigenvalue weighted by Gasteiger charge is 2.16. The van der Waals surface area contributed by atoms with Crippen molar-refractivity contribution in [1.29, 1.82) is 5.26 Å². The molecule has 6 heteroatoms. The Hall–Kier alpha value is -3.46. The normalized spacial score (nSPS) is 11.9. The number of hydrogen-bond donors (Lipinski definition) is 2. The van der Waals surface area contributed by atoms with Gasteiger partial charge in [-0.05, 0) is 49.6 Å². The van der Waals surface area contributed by atoms with Gasteiger partial charge in [0.25, 0.3) is 5.91 Å². The molecule has 6 nitrogen and oxygen atoms in total. The lowest BCUT2D eigenvalue weighted by Crippen LogP contribution is -2.28. The molecule has 2 aromatic rings. The van der Waals surface area contributed by atoms with E-state index in [-0.39, 0.29) is 11.6 Å². The Kier molecular flexibility index (Phi) is 7.05. The Morgan fingerprint density at radius 1 is 1.11 bits per heavy atom. The molecule has 2 N–H and O–H groups in total. The lowest BCUT2D eigenvalue weighted by Gasteiger charge is -2.16. The van der Waals surface area contributed by atoms with Crippen LogP contribution in [0.5, 0.6) is 11.5 Å². The highest BCUT2D eigenvalue weighted by atomic mass is 16.5. The zero-order valence-corrected chi connectivity index (χ0v) is 16.8. The number of para-hydroxylation sites is 1. The van der Waals surface area contributed by atoms with E-state index in [0.717, 1.165) is 22.4 Å². The van der Waals surface area contributed by atoms with E-state index in [4.69, 9.17) is 9.47 Å². The van der Waals surface area contributed by atoms with Gasteiger partial charge in [-0.2, -0.15) is 5.26 Å². The summed E-state index contributed by atoms with van der Waals surface area (Å²) >= 11 is 0. The summed E-state index contributed by atoms with van der Waals surface area (Å²) < 4.78 is 10.5. The predicted octanol–water partition coefficient (Wildman–Crippen LogP) is 4.02. The van der Waals surface area contributed by atoms with E-state index in [9.17, 15) is 10.1 Å². The fourth-order valence-electron chi connectivity index (χ4n) is 2.81. The molecule has 0 aliphatic carbocycles. The average molecular weight is 379 g/mol. The van der Waals surface area contributed by atoms with Gasteiger partial charge in [0.1, 0.15) is 11.6 Å². The molecule has 1 atom stereocenters. The topological polar surface area (TPSA) is 83.4 Å². The number of carbonyl (C=O) groups excluding carboxylic acids is 1. The van der Waals surface area contributed by atoms with Crippen molar-refractivity contribution in [2.24, 2.45) is 0 Å². The van der Waals surface area contributed by atoms with Crippen LogP contribution in [0.1, 0.15) is 29.7 Å². The van der Waals surface area contributed by atoms with E-state index < -0.39 is 5.91 Å². The van der Waals surface area contributed by atoms with Crippen LogP contribution in [0.15, 0.2) is 48.2 Å². The Bertz CT molecular complexity index is 909. The molecule has 1 amide bonds. The third-order valence-electron chi connectivity index (χ3n) is 4.46. The summed E-state index contributed by atoms with van der Waals surface area (Å²) in [5, 5.41) is 15.3. The maximum Gasteiger partial charge on any atom is 0.263 e. The van der Waals surface area contributed by atoms with E-state index >= 15 is 0 Å². The molecule has 0 heterocycles. The number of anilines is 1. The second kappa shape index (κ2) is 9.47.